The molecule has 2 aromatic carbocycles. The van der Waals surface area contributed by atoms with Crippen molar-refractivity contribution in [3.63, 3.8) is 0 Å². The lowest BCUT2D eigenvalue weighted by Crippen LogP contribution is -2.35. The van der Waals surface area contributed by atoms with Gasteiger partial charge in [-0.3, -0.25) is 19.8 Å². The van der Waals surface area contributed by atoms with Crippen LogP contribution in [0.3, 0.4) is 0 Å². The summed E-state index contributed by atoms with van der Waals surface area (Å²) in [5.74, 6) is 0.934. The quantitative estimate of drug-likeness (QED) is 0.274. The molecular formula is C22H24N4O5S. The second-order valence-corrected chi connectivity index (χ2v) is 8.16. The number of aromatic nitrogens is 1. The Labute approximate surface area is 189 Å². The number of benzene rings is 2. The Morgan fingerprint density at radius 1 is 1.12 bits per heavy atom. The Morgan fingerprint density at radius 2 is 1.78 bits per heavy atom. The van der Waals surface area contributed by atoms with Gasteiger partial charge in [-0.15, -0.1) is 0 Å². The molecule has 0 radical (unpaired) electrons. The highest BCUT2D eigenvalue weighted by atomic mass is 32.1. The molecule has 3 rings (SSSR count). The minimum absolute atomic E-state index is 0.00131. The van der Waals surface area contributed by atoms with Gasteiger partial charge in [0.05, 0.1) is 29.4 Å². The van der Waals surface area contributed by atoms with Crippen molar-refractivity contribution in [3.8, 4) is 11.5 Å². The smallest absolute Gasteiger partial charge is 0.269 e. The first-order valence-corrected chi connectivity index (χ1v) is 10.6. The number of carbonyl (C=O) groups is 1. The number of methoxy groups -OCH3 is 2. The number of anilines is 1. The molecule has 0 spiro atoms. The molecule has 1 aromatic heterocycles. The van der Waals surface area contributed by atoms with Crippen LogP contribution in [0.25, 0.3) is 16.3 Å². The summed E-state index contributed by atoms with van der Waals surface area (Å²) in [6.07, 6.45) is 3.08. The fraction of sp³-hybridized carbons (Fsp3) is 0.273. The number of thiazole rings is 1. The number of hydrogen-bond acceptors (Lipinski definition) is 8. The largest absolute Gasteiger partial charge is 0.493 e. The van der Waals surface area contributed by atoms with E-state index < -0.39 is 4.92 Å². The van der Waals surface area contributed by atoms with E-state index in [1.54, 1.807) is 43.4 Å². The zero-order valence-electron chi connectivity index (χ0n) is 18.3. The molecule has 0 aliphatic heterocycles. The van der Waals surface area contributed by atoms with Gasteiger partial charge in [0.15, 0.2) is 16.6 Å². The number of hydrogen-bond donors (Lipinski definition) is 0. The van der Waals surface area contributed by atoms with E-state index in [-0.39, 0.29) is 11.6 Å². The van der Waals surface area contributed by atoms with Crippen molar-refractivity contribution in [3.05, 3.63) is 58.2 Å². The van der Waals surface area contributed by atoms with E-state index in [2.05, 4.69) is 4.98 Å². The highest BCUT2D eigenvalue weighted by molar-refractivity contribution is 7.22. The molecule has 10 heteroatoms. The molecule has 3 aromatic rings. The number of nitrogens with zero attached hydrogens (tertiary/aromatic N) is 4. The molecule has 168 valence electrons. The molecule has 0 N–H and O–H groups in total. The molecule has 0 unspecified atom stereocenters. The highest BCUT2D eigenvalue weighted by Crippen LogP contribution is 2.37. The topological polar surface area (TPSA) is 98.0 Å². The summed E-state index contributed by atoms with van der Waals surface area (Å²) in [5.41, 5.74) is 1.40. The van der Waals surface area contributed by atoms with Crippen LogP contribution < -0.4 is 14.4 Å². The number of fused-ring (bicyclic) bond motifs is 1. The van der Waals surface area contributed by atoms with Crippen molar-refractivity contribution in [1.82, 2.24) is 9.88 Å². The monoisotopic (exact) mass is 456 g/mol. The number of amides is 1. The highest BCUT2D eigenvalue weighted by Gasteiger charge is 2.19. The van der Waals surface area contributed by atoms with Gasteiger partial charge in [-0.1, -0.05) is 11.3 Å². The fourth-order valence-electron chi connectivity index (χ4n) is 2.92. The maximum atomic E-state index is 13.1. The molecule has 1 amide bonds. The van der Waals surface area contributed by atoms with Crippen molar-refractivity contribution in [1.29, 1.82) is 0 Å². The second kappa shape index (κ2) is 10.2. The van der Waals surface area contributed by atoms with Crippen molar-refractivity contribution in [2.24, 2.45) is 0 Å². The van der Waals surface area contributed by atoms with Crippen LogP contribution in [-0.4, -0.2) is 62.1 Å². The normalized spacial score (nSPS) is 11.3. The SMILES string of the molecule is COc1cc2nc(N(CCN(C)C)C(=O)/C=C\c3ccc([N+](=O)[O-])cc3)sc2cc1OC. The number of carbonyl (C=O) groups excluding carboxylic acids is 1. The van der Waals surface area contributed by atoms with Gasteiger partial charge in [-0.05, 0) is 37.9 Å². The fourth-order valence-corrected chi connectivity index (χ4v) is 3.93. The van der Waals surface area contributed by atoms with Crippen LogP contribution in [0, 0.1) is 10.1 Å². The summed E-state index contributed by atoms with van der Waals surface area (Å²) in [5, 5.41) is 11.4. The van der Waals surface area contributed by atoms with Gasteiger partial charge in [-0.2, -0.15) is 0 Å². The van der Waals surface area contributed by atoms with Crippen LogP contribution in [0.1, 0.15) is 5.56 Å². The number of rotatable bonds is 9. The molecule has 32 heavy (non-hydrogen) atoms. The van der Waals surface area contributed by atoms with Crippen LogP contribution >= 0.6 is 11.3 Å². The minimum Gasteiger partial charge on any atom is -0.493 e. The van der Waals surface area contributed by atoms with Gasteiger partial charge in [-0.25, -0.2) is 4.98 Å². The molecular weight excluding hydrogens is 432 g/mol. The molecule has 0 atom stereocenters. The summed E-state index contributed by atoms with van der Waals surface area (Å²) >= 11 is 1.39. The van der Waals surface area contributed by atoms with Crippen LogP contribution in [-0.2, 0) is 4.79 Å². The summed E-state index contributed by atoms with van der Waals surface area (Å²) < 4.78 is 11.6. The number of nitro groups is 1. The zero-order valence-corrected chi connectivity index (χ0v) is 19.1. The molecule has 0 saturated carbocycles. The Kier molecular flexibility index (Phi) is 7.39. The molecule has 0 aliphatic rings. The Hall–Kier alpha value is -3.50. The van der Waals surface area contributed by atoms with Crippen LogP contribution in [0.15, 0.2) is 42.5 Å². The number of nitro benzene ring substituents is 1. The van der Waals surface area contributed by atoms with Crippen molar-refractivity contribution < 1.29 is 19.2 Å². The van der Waals surface area contributed by atoms with Crippen LogP contribution in [0.2, 0.25) is 0 Å². The third-order valence-electron chi connectivity index (χ3n) is 4.67. The maximum absolute atomic E-state index is 13.1. The van der Waals surface area contributed by atoms with Gasteiger partial charge in [0.25, 0.3) is 11.6 Å². The first-order valence-electron chi connectivity index (χ1n) is 9.73. The molecule has 0 bridgehead atoms. The van der Waals surface area contributed by atoms with E-state index in [9.17, 15) is 14.9 Å². The number of non-ortho nitro benzene ring substituents is 1. The van der Waals surface area contributed by atoms with E-state index in [0.29, 0.717) is 40.8 Å². The lowest BCUT2D eigenvalue weighted by molar-refractivity contribution is -0.384. The van der Waals surface area contributed by atoms with E-state index in [1.807, 2.05) is 25.1 Å². The van der Waals surface area contributed by atoms with E-state index in [1.165, 1.54) is 29.5 Å². The Bertz CT molecular complexity index is 1100. The molecule has 0 fully saturated rings. The lowest BCUT2D eigenvalue weighted by Gasteiger charge is -2.20. The summed E-state index contributed by atoms with van der Waals surface area (Å²) in [7, 11) is 7.00. The third-order valence-corrected chi connectivity index (χ3v) is 5.71. The van der Waals surface area contributed by atoms with Gasteiger partial charge in [0.1, 0.15) is 0 Å². The predicted octanol–water partition coefficient (Wildman–Crippen LogP) is 3.83. The molecule has 9 nitrogen and oxygen atoms in total. The van der Waals surface area contributed by atoms with Crippen molar-refractivity contribution >= 4 is 44.4 Å². The summed E-state index contributed by atoms with van der Waals surface area (Å²) in [4.78, 5) is 31.7. The van der Waals surface area contributed by atoms with Gasteiger partial charge in [0, 0.05) is 43.4 Å². The van der Waals surface area contributed by atoms with E-state index in [4.69, 9.17) is 9.47 Å². The van der Waals surface area contributed by atoms with E-state index >= 15 is 0 Å². The first kappa shape index (κ1) is 23.2. The van der Waals surface area contributed by atoms with Gasteiger partial charge >= 0.3 is 0 Å². The molecule has 1 heterocycles. The first-order chi connectivity index (χ1) is 15.3. The summed E-state index contributed by atoms with van der Waals surface area (Å²) in [6, 6.07) is 9.64. The number of ether oxygens (including phenoxy) is 2. The van der Waals surface area contributed by atoms with Crippen LogP contribution in [0.5, 0.6) is 11.5 Å². The van der Waals surface area contributed by atoms with Crippen LogP contribution in [0.4, 0.5) is 10.8 Å². The Morgan fingerprint density at radius 3 is 2.38 bits per heavy atom. The lowest BCUT2D eigenvalue weighted by atomic mass is 10.2. The average molecular weight is 457 g/mol. The maximum Gasteiger partial charge on any atom is 0.269 e. The molecule has 0 aliphatic carbocycles. The predicted molar refractivity (Wildman–Crippen MR) is 126 cm³/mol. The standard InChI is InChI=1S/C22H24N4O5S/c1-24(2)11-12-25(21(27)10-7-15-5-8-16(9-6-15)26(28)29)22-23-17-13-18(30-3)19(31-4)14-20(17)32-22/h5-10,13-14H,11-12H2,1-4H3/b10-7-. The average Bonchev–Trinajstić information content (AvgIpc) is 3.19. The minimum atomic E-state index is -0.460. The summed E-state index contributed by atoms with van der Waals surface area (Å²) in [6.45, 7) is 1.10. The van der Waals surface area contributed by atoms with Crippen molar-refractivity contribution in [2.45, 2.75) is 0 Å². The van der Waals surface area contributed by atoms with Gasteiger partial charge in [0.2, 0.25) is 0 Å². The number of likely N-dealkylation sites (N-methyl/N-ethyl adjacent to an activating group) is 1. The third kappa shape index (κ3) is 5.40. The zero-order chi connectivity index (χ0) is 23.3. The molecule has 0 saturated heterocycles. The van der Waals surface area contributed by atoms with E-state index in [0.717, 1.165) is 4.70 Å². The second-order valence-electron chi connectivity index (χ2n) is 7.15. The Balaban J connectivity index is 1.89. The van der Waals surface area contributed by atoms with Crippen molar-refractivity contribution in [2.75, 3.05) is 46.3 Å². The van der Waals surface area contributed by atoms with Gasteiger partial charge < -0.3 is 14.4 Å².